The van der Waals surface area contributed by atoms with Crippen LogP contribution in [0.25, 0.3) is 0 Å². The molecule has 24 heavy (non-hydrogen) atoms. The third kappa shape index (κ3) is 3.12. The van der Waals surface area contributed by atoms with E-state index >= 15 is 0 Å². The lowest BCUT2D eigenvalue weighted by Crippen LogP contribution is -2.48. The van der Waals surface area contributed by atoms with Crippen LogP contribution in [0.4, 0.5) is 5.69 Å². The summed E-state index contributed by atoms with van der Waals surface area (Å²) in [7, 11) is 0. The maximum atomic E-state index is 12.8. The van der Waals surface area contributed by atoms with Crippen molar-refractivity contribution in [2.24, 2.45) is 11.7 Å². The van der Waals surface area contributed by atoms with Gasteiger partial charge in [-0.1, -0.05) is 12.1 Å². The summed E-state index contributed by atoms with van der Waals surface area (Å²) >= 11 is 0. The number of hydrogen-bond donors (Lipinski definition) is 1. The Hall–Kier alpha value is -2.04. The molecule has 5 heteroatoms. The molecule has 0 aromatic heterocycles. The van der Waals surface area contributed by atoms with Crippen molar-refractivity contribution in [3.8, 4) is 0 Å². The van der Waals surface area contributed by atoms with Crippen molar-refractivity contribution in [1.29, 1.82) is 0 Å². The van der Waals surface area contributed by atoms with Crippen LogP contribution < -0.4 is 10.6 Å². The van der Waals surface area contributed by atoms with Crippen molar-refractivity contribution < 1.29 is 9.59 Å². The monoisotopic (exact) mass is 329 g/mol. The second-order valence-electron chi connectivity index (χ2n) is 7.07. The van der Waals surface area contributed by atoms with Gasteiger partial charge in [-0.3, -0.25) is 9.59 Å². The van der Waals surface area contributed by atoms with Crippen LogP contribution in [0.1, 0.15) is 36.8 Å². The van der Waals surface area contributed by atoms with Gasteiger partial charge in [-0.2, -0.15) is 0 Å². The molecular formula is C19H27N3O2. The summed E-state index contributed by atoms with van der Waals surface area (Å²) in [4.78, 5) is 28.4. The number of nitrogens with zero attached hydrogens (tertiary/aromatic N) is 2. The number of likely N-dealkylation sites (tertiary alicyclic amines) is 1. The Bertz CT molecular complexity index is 635. The molecule has 2 aliphatic heterocycles. The van der Waals surface area contributed by atoms with Crippen molar-refractivity contribution in [3.63, 3.8) is 0 Å². The Kier molecular flexibility index (Phi) is 4.78. The predicted molar refractivity (Wildman–Crippen MR) is 94.8 cm³/mol. The normalized spacial score (nSPS) is 22.0. The predicted octanol–water partition coefficient (Wildman–Crippen LogP) is 2.00. The molecule has 0 aliphatic carbocycles. The Morgan fingerprint density at radius 3 is 2.46 bits per heavy atom. The number of hydrogen-bond acceptors (Lipinski definition) is 3. The van der Waals surface area contributed by atoms with Crippen LogP contribution >= 0.6 is 0 Å². The summed E-state index contributed by atoms with van der Waals surface area (Å²) in [5, 5.41) is 0. The lowest BCUT2D eigenvalue weighted by molar-refractivity contribution is -0.141. The molecule has 0 spiro atoms. The molecule has 1 aromatic rings. The summed E-state index contributed by atoms with van der Waals surface area (Å²) < 4.78 is 0. The molecule has 0 bridgehead atoms. The van der Waals surface area contributed by atoms with E-state index in [1.807, 2.05) is 0 Å². The van der Waals surface area contributed by atoms with Gasteiger partial charge in [0.1, 0.15) is 6.04 Å². The number of rotatable bonds is 3. The van der Waals surface area contributed by atoms with E-state index in [0.717, 1.165) is 32.4 Å². The first-order valence-electron chi connectivity index (χ1n) is 8.90. The number of primary amides is 1. The fourth-order valence-electron chi connectivity index (χ4n) is 4.01. The average Bonchev–Trinajstić information content (AvgIpc) is 3.07. The maximum absolute atomic E-state index is 12.8. The number of amides is 2. The minimum Gasteiger partial charge on any atom is -0.371 e. The summed E-state index contributed by atoms with van der Waals surface area (Å²) in [6, 6.07) is 5.99. The topological polar surface area (TPSA) is 66.6 Å². The van der Waals surface area contributed by atoms with Crippen LogP contribution in [0.2, 0.25) is 0 Å². The van der Waals surface area contributed by atoms with Crippen molar-refractivity contribution >= 4 is 17.5 Å². The van der Waals surface area contributed by atoms with Crippen LogP contribution in [0, 0.1) is 19.8 Å². The molecule has 2 saturated heterocycles. The molecule has 3 rings (SSSR count). The molecule has 2 N–H and O–H groups in total. The third-order valence-corrected chi connectivity index (χ3v) is 5.63. The van der Waals surface area contributed by atoms with Gasteiger partial charge in [0.2, 0.25) is 11.8 Å². The smallest absolute Gasteiger partial charge is 0.240 e. The van der Waals surface area contributed by atoms with Crippen LogP contribution in [-0.2, 0) is 9.59 Å². The fourth-order valence-corrected chi connectivity index (χ4v) is 4.01. The number of aryl methyl sites for hydroxylation is 1. The molecule has 1 aromatic carbocycles. The zero-order valence-corrected chi connectivity index (χ0v) is 14.6. The number of piperidine rings is 1. The van der Waals surface area contributed by atoms with Gasteiger partial charge in [-0.25, -0.2) is 0 Å². The van der Waals surface area contributed by atoms with E-state index in [0.29, 0.717) is 13.0 Å². The second-order valence-corrected chi connectivity index (χ2v) is 7.07. The molecule has 0 radical (unpaired) electrons. The Morgan fingerprint density at radius 1 is 1.08 bits per heavy atom. The minimum atomic E-state index is -0.394. The molecular weight excluding hydrogens is 302 g/mol. The SMILES string of the molecule is Cc1cccc(N2CCC(C(=O)N3CCCC3C(N)=O)CC2)c1C. The summed E-state index contributed by atoms with van der Waals surface area (Å²) in [6.07, 6.45) is 3.27. The lowest BCUT2D eigenvalue weighted by atomic mass is 9.93. The molecule has 5 nitrogen and oxygen atoms in total. The first-order valence-corrected chi connectivity index (χ1v) is 8.90. The van der Waals surface area contributed by atoms with Gasteiger partial charge in [0.15, 0.2) is 0 Å². The lowest BCUT2D eigenvalue weighted by Gasteiger charge is -2.36. The second kappa shape index (κ2) is 6.83. The highest BCUT2D eigenvalue weighted by molar-refractivity contribution is 5.88. The number of carbonyl (C=O) groups is 2. The standard InChI is InChI=1S/C19H27N3O2/c1-13-5-3-6-16(14(13)2)21-11-8-15(9-12-21)19(24)22-10-4-7-17(22)18(20)23/h3,5-6,15,17H,4,7-12H2,1-2H3,(H2,20,23). The van der Waals surface area contributed by atoms with Crippen molar-refractivity contribution in [3.05, 3.63) is 29.3 Å². The Balaban J connectivity index is 1.64. The molecule has 130 valence electrons. The van der Waals surface area contributed by atoms with Crippen LogP contribution in [-0.4, -0.2) is 42.4 Å². The summed E-state index contributed by atoms with van der Waals surface area (Å²) in [5.41, 5.74) is 9.33. The Morgan fingerprint density at radius 2 is 1.79 bits per heavy atom. The average molecular weight is 329 g/mol. The van der Waals surface area contributed by atoms with Crippen molar-refractivity contribution in [1.82, 2.24) is 4.90 Å². The molecule has 2 fully saturated rings. The summed E-state index contributed by atoms with van der Waals surface area (Å²) in [6.45, 7) is 6.73. The number of carbonyl (C=O) groups excluding carboxylic acids is 2. The van der Waals surface area contributed by atoms with E-state index in [4.69, 9.17) is 5.73 Å². The highest BCUT2D eigenvalue weighted by atomic mass is 16.2. The van der Waals surface area contributed by atoms with Gasteiger partial charge in [0.25, 0.3) is 0 Å². The molecule has 1 atom stereocenters. The van der Waals surface area contributed by atoms with E-state index in [2.05, 4.69) is 36.9 Å². The molecule has 1 unspecified atom stereocenters. The van der Waals surface area contributed by atoms with Gasteiger partial charge in [0.05, 0.1) is 0 Å². The highest BCUT2D eigenvalue weighted by Gasteiger charge is 2.37. The molecule has 2 aliphatic rings. The summed E-state index contributed by atoms with van der Waals surface area (Å²) in [5.74, 6) is -0.225. The van der Waals surface area contributed by atoms with Crippen molar-refractivity contribution in [2.75, 3.05) is 24.5 Å². The van der Waals surface area contributed by atoms with E-state index in [-0.39, 0.29) is 17.7 Å². The minimum absolute atomic E-state index is 0.0197. The van der Waals surface area contributed by atoms with E-state index < -0.39 is 6.04 Å². The zero-order chi connectivity index (χ0) is 17.3. The first kappa shape index (κ1) is 16.8. The van der Waals surface area contributed by atoms with Crippen molar-refractivity contribution in [2.45, 2.75) is 45.6 Å². The van der Waals surface area contributed by atoms with Crippen LogP contribution in [0.15, 0.2) is 18.2 Å². The molecule has 0 saturated carbocycles. The largest absolute Gasteiger partial charge is 0.371 e. The van der Waals surface area contributed by atoms with Gasteiger partial charge in [0, 0.05) is 31.2 Å². The quantitative estimate of drug-likeness (QED) is 0.922. The van der Waals surface area contributed by atoms with E-state index in [1.165, 1.54) is 16.8 Å². The van der Waals surface area contributed by atoms with Gasteiger partial charge in [-0.15, -0.1) is 0 Å². The van der Waals surface area contributed by atoms with Gasteiger partial charge >= 0.3 is 0 Å². The van der Waals surface area contributed by atoms with E-state index in [1.54, 1.807) is 4.90 Å². The van der Waals surface area contributed by atoms with Gasteiger partial charge in [-0.05, 0) is 56.7 Å². The van der Waals surface area contributed by atoms with Crippen LogP contribution in [0.3, 0.4) is 0 Å². The molecule has 2 heterocycles. The zero-order valence-electron chi connectivity index (χ0n) is 14.6. The molecule has 2 amide bonds. The number of benzene rings is 1. The van der Waals surface area contributed by atoms with Gasteiger partial charge < -0.3 is 15.5 Å². The Labute approximate surface area is 143 Å². The van der Waals surface area contributed by atoms with E-state index in [9.17, 15) is 9.59 Å². The fraction of sp³-hybridized carbons (Fsp3) is 0.579. The van der Waals surface area contributed by atoms with Crippen LogP contribution in [0.5, 0.6) is 0 Å². The third-order valence-electron chi connectivity index (χ3n) is 5.63. The maximum Gasteiger partial charge on any atom is 0.240 e. The number of anilines is 1. The first-order chi connectivity index (χ1) is 11.5. The number of nitrogens with two attached hydrogens (primary N) is 1. The highest BCUT2D eigenvalue weighted by Crippen LogP contribution is 2.30.